The minimum Gasteiger partial charge on any atom is -0.383 e. The Kier molecular flexibility index (Phi) is 6.91. The molecule has 0 bridgehead atoms. The number of methoxy groups -OCH3 is 1. The first-order valence-electron chi connectivity index (χ1n) is 7.20. The van der Waals surface area contributed by atoms with Crippen LogP contribution in [0.3, 0.4) is 0 Å². The molecule has 2 rings (SSSR count). The predicted octanol–water partition coefficient (Wildman–Crippen LogP) is 2.18. The number of ether oxygens (including phenoxy) is 1. The summed E-state index contributed by atoms with van der Waals surface area (Å²) in [6, 6.07) is 4.27. The molecule has 116 valence electrons. The van der Waals surface area contributed by atoms with Crippen LogP contribution in [-0.4, -0.2) is 44.7 Å². The molecule has 1 aromatic heterocycles. The van der Waals surface area contributed by atoms with Gasteiger partial charge in [-0.05, 0) is 43.6 Å². The van der Waals surface area contributed by atoms with Crippen molar-refractivity contribution >= 4 is 39.9 Å². The second kappa shape index (κ2) is 8.96. The molecule has 1 saturated heterocycles. The second-order valence-corrected chi connectivity index (χ2v) is 6.34. The van der Waals surface area contributed by atoms with E-state index in [-0.39, 0.29) is 0 Å². The van der Waals surface area contributed by atoms with Crippen molar-refractivity contribution in [2.24, 2.45) is 5.10 Å². The summed E-state index contributed by atoms with van der Waals surface area (Å²) in [6.45, 7) is 3.64. The molecule has 2 heterocycles. The highest BCUT2D eigenvalue weighted by atomic mass is 32.1. The number of thiocarbonyl (C=S) groups is 1. The lowest BCUT2D eigenvalue weighted by atomic mass is 10.1. The molecule has 21 heavy (non-hydrogen) atoms. The third kappa shape index (κ3) is 5.61. The summed E-state index contributed by atoms with van der Waals surface area (Å²) >= 11 is 6.86. The van der Waals surface area contributed by atoms with Gasteiger partial charge in [0.2, 0.25) is 0 Å². The van der Waals surface area contributed by atoms with Crippen LogP contribution in [0.15, 0.2) is 17.2 Å². The zero-order valence-electron chi connectivity index (χ0n) is 12.3. The molecular formula is C14H22N4OS2. The molecule has 0 radical (unpaired) electrons. The van der Waals surface area contributed by atoms with E-state index in [1.165, 1.54) is 37.4 Å². The van der Waals surface area contributed by atoms with E-state index in [2.05, 4.69) is 32.9 Å². The van der Waals surface area contributed by atoms with Crippen molar-refractivity contribution in [3.05, 3.63) is 17.0 Å². The number of hydrogen-bond acceptors (Lipinski definition) is 5. The van der Waals surface area contributed by atoms with Crippen LogP contribution >= 0.6 is 23.6 Å². The Balaban J connectivity index is 1.76. The van der Waals surface area contributed by atoms with Crippen molar-refractivity contribution in [3.8, 4) is 0 Å². The summed E-state index contributed by atoms with van der Waals surface area (Å²) in [6.07, 6.45) is 5.75. The number of nitrogens with one attached hydrogen (secondary N) is 2. The summed E-state index contributed by atoms with van der Waals surface area (Å²) < 4.78 is 4.94. The van der Waals surface area contributed by atoms with Crippen molar-refractivity contribution in [2.45, 2.75) is 19.3 Å². The molecule has 7 heteroatoms. The Morgan fingerprint density at radius 2 is 2.24 bits per heavy atom. The predicted molar refractivity (Wildman–Crippen MR) is 93.6 cm³/mol. The molecule has 0 aromatic carbocycles. The SMILES string of the molecule is COCCNC(=S)NN=Cc1ccc(N2CCCCC2)s1. The molecular weight excluding hydrogens is 304 g/mol. The van der Waals surface area contributed by atoms with Crippen molar-refractivity contribution < 1.29 is 4.74 Å². The van der Waals surface area contributed by atoms with Crippen molar-refractivity contribution in [3.63, 3.8) is 0 Å². The third-order valence-corrected chi connectivity index (χ3v) is 4.55. The van der Waals surface area contributed by atoms with Gasteiger partial charge in [-0.3, -0.25) is 5.43 Å². The molecule has 0 saturated carbocycles. The van der Waals surface area contributed by atoms with Gasteiger partial charge < -0.3 is 15.0 Å². The van der Waals surface area contributed by atoms with Crippen LogP contribution in [0, 0.1) is 0 Å². The Bertz CT molecular complexity index is 469. The average Bonchev–Trinajstić information content (AvgIpc) is 2.97. The summed E-state index contributed by atoms with van der Waals surface area (Å²) in [4.78, 5) is 3.58. The minimum atomic E-state index is 0.510. The van der Waals surface area contributed by atoms with Gasteiger partial charge in [-0.25, -0.2) is 0 Å². The highest BCUT2D eigenvalue weighted by Gasteiger charge is 2.12. The quantitative estimate of drug-likeness (QED) is 0.363. The standard InChI is InChI=1S/C14H22N4OS2/c1-19-10-7-15-14(20)17-16-11-12-5-6-13(21-12)18-8-3-2-4-9-18/h5-6,11H,2-4,7-10H2,1H3,(H2,15,17,20). The second-order valence-electron chi connectivity index (χ2n) is 4.84. The van der Waals surface area contributed by atoms with Crippen LogP contribution in [0.5, 0.6) is 0 Å². The van der Waals surface area contributed by atoms with Crippen LogP contribution in [0.4, 0.5) is 5.00 Å². The number of nitrogens with zero attached hydrogens (tertiary/aromatic N) is 2. The molecule has 1 fully saturated rings. The lowest BCUT2D eigenvalue weighted by Gasteiger charge is -2.27. The lowest BCUT2D eigenvalue weighted by Crippen LogP contribution is -2.34. The van der Waals surface area contributed by atoms with Crippen LogP contribution in [0.25, 0.3) is 0 Å². The molecule has 1 aliphatic heterocycles. The number of thiophene rings is 1. The Hall–Kier alpha value is -1.18. The van der Waals surface area contributed by atoms with Crippen molar-refractivity contribution in [2.75, 3.05) is 38.3 Å². The minimum absolute atomic E-state index is 0.510. The summed E-state index contributed by atoms with van der Waals surface area (Å²) in [5.74, 6) is 0. The fraction of sp³-hybridized carbons (Fsp3) is 0.571. The van der Waals surface area contributed by atoms with Crippen LogP contribution in [-0.2, 0) is 4.74 Å². The van der Waals surface area contributed by atoms with Crippen LogP contribution in [0.2, 0.25) is 0 Å². The average molecular weight is 326 g/mol. The monoisotopic (exact) mass is 326 g/mol. The normalized spacial score (nSPS) is 15.4. The molecule has 0 spiro atoms. The maximum atomic E-state index is 5.09. The molecule has 0 unspecified atom stereocenters. The molecule has 0 amide bonds. The topological polar surface area (TPSA) is 48.9 Å². The van der Waals surface area contributed by atoms with Gasteiger partial charge in [0.05, 0.1) is 17.8 Å². The highest BCUT2D eigenvalue weighted by molar-refractivity contribution is 7.80. The van der Waals surface area contributed by atoms with E-state index in [9.17, 15) is 0 Å². The van der Waals surface area contributed by atoms with Gasteiger partial charge in [0.1, 0.15) is 0 Å². The van der Waals surface area contributed by atoms with Crippen LogP contribution < -0.4 is 15.6 Å². The maximum absolute atomic E-state index is 5.09. The Labute approximate surface area is 135 Å². The van der Waals surface area contributed by atoms with Crippen molar-refractivity contribution in [1.29, 1.82) is 0 Å². The molecule has 0 aliphatic carbocycles. The smallest absolute Gasteiger partial charge is 0.187 e. The van der Waals surface area contributed by atoms with Gasteiger partial charge in [0, 0.05) is 31.6 Å². The van der Waals surface area contributed by atoms with E-state index in [1.807, 2.05) is 6.21 Å². The van der Waals surface area contributed by atoms with Gasteiger partial charge in [-0.1, -0.05) is 0 Å². The zero-order valence-corrected chi connectivity index (χ0v) is 13.9. The van der Waals surface area contributed by atoms with E-state index >= 15 is 0 Å². The first kappa shape index (κ1) is 16.2. The first-order valence-corrected chi connectivity index (χ1v) is 8.42. The van der Waals surface area contributed by atoms with Gasteiger partial charge in [0.25, 0.3) is 0 Å². The number of hydrogen-bond donors (Lipinski definition) is 2. The van der Waals surface area contributed by atoms with E-state index in [0.29, 0.717) is 18.3 Å². The van der Waals surface area contributed by atoms with Gasteiger partial charge in [-0.2, -0.15) is 5.10 Å². The number of hydrazone groups is 1. The summed E-state index contributed by atoms with van der Waals surface area (Å²) in [5, 5.41) is 9.00. The number of rotatable bonds is 6. The maximum Gasteiger partial charge on any atom is 0.187 e. The Morgan fingerprint density at radius 3 is 3.00 bits per heavy atom. The fourth-order valence-electron chi connectivity index (χ4n) is 2.16. The first-order chi connectivity index (χ1) is 10.3. The van der Waals surface area contributed by atoms with Gasteiger partial charge in [-0.15, -0.1) is 11.3 Å². The Morgan fingerprint density at radius 1 is 1.43 bits per heavy atom. The molecule has 5 nitrogen and oxygen atoms in total. The van der Waals surface area contributed by atoms with E-state index in [4.69, 9.17) is 17.0 Å². The fourth-order valence-corrected chi connectivity index (χ4v) is 3.24. The molecule has 2 N–H and O–H groups in total. The van der Waals surface area contributed by atoms with Crippen molar-refractivity contribution in [1.82, 2.24) is 10.7 Å². The van der Waals surface area contributed by atoms with E-state index in [1.54, 1.807) is 18.4 Å². The largest absolute Gasteiger partial charge is 0.383 e. The summed E-state index contributed by atoms with van der Waals surface area (Å²) in [7, 11) is 1.66. The molecule has 1 aliphatic rings. The number of anilines is 1. The highest BCUT2D eigenvalue weighted by Crippen LogP contribution is 2.27. The lowest BCUT2D eigenvalue weighted by molar-refractivity contribution is 0.204. The zero-order chi connectivity index (χ0) is 14.9. The van der Waals surface area contributed by atoms with Gasteiger partial charge in [0.15, 0.2) is 5.11 Å². The van der Waals surface area contributed by atoms with Gasteiger partial charge >= 0.3 is 0 Å². The summed E-state index contributed by atoms with van der Waals surface area (Å²) in [5.41, 5.74) is 2.81. The molecule has 0 atom stereocenters. The number of piperidine rings is 1. The van der Waals surface area contributed by atoms with E-state index in [0.717, 1.165) is 4.88 Å². The van der Waals surface area contributed by atoms with E-state index < -0.39 is 0 Å². The third-order valence-electron chi connectivity index (χ3n) is 3.23. The van der Waals surface area contributed by atoms with Crippen LogP contribution in [0.1, 0.15) is 24.1 Å². The molecule has 1 aromatic rings.